The smallest absolute Gasteiger partial charge is 0.229 e. The minimum atomic E-state index is -0.276. The maximum Gasteiger partial charge on any atom is 0.229 e. The first-order valence-electron chi connectivity index (χ1n) is 9.48. The van der Waals surface area contributed by atoms with Crippen LogP contribution in [0.4, 0.5) is 16.0 Å². The van der Waals surface area contributed by atoms with Gasteiger partial charge in [0.15, 0.2) is 0 Å². The van der Waals surface area contributed by atoms with Crippen molar-refractivity contribution in [1.82, 2.24) is 9.97 Å². The Bertz CT molecular complexity index is 994. The molecule has 1 fully saturated rings. The highest BCUT2D eigenvalue weighted by Gasteiger charge is 2.27. The molecule has 148 valence electrons. The number of carbonyl (C=O) groups excluding carboxylic acids is 1. The summed E-state index contributed by atoms with van der Waals surface area (Å²) in [5.74, 6) is 0.140. The van der Waals surface area contributed by atoms with Crippen LogP contribution in [0.3, 0.4) is 0 Å². The van der Waals surface area contributed by atoms with Crippen LogP contribution in [0.1, 0.15) is 12.8 Å². The van der Waals surface area contributed by atoms with E-state index in [1.807, 2.05) is 17.0 Å². The van der Waals surface area contributed by atoms with Gasteiger partial charge in [-0.1, -0.05) is 29.8 Å². The van der Waals surface area contributed by atoms with E-state index >= 15 is 0 Å². The van der Waals surface area contributed by atoms with Gasteiger partial charge < -0.3 is 10.2 Å². The summed E-state index contributed by atoms with van der Waals surface area (Å²) in [6.07, 6.45) is 5.16. The molecule has 5 nitrogen and oxygen atoms in total. The third-order valence-corrected chi connectivity index (χ3v) is 5.22. The molecule has 0 unspecified atom stereocenters. The summed E-state index contributed by atoms with van der Waals surface area (Å²) in [6.45, 7) is 1.36. The van der Waals surface area contributed by atoms with Gasteiger partial charge in [0.2, 0.25) is 11.9 Å². The van der Waals surface area contributed by atoms with Crippen LogP contribution in [0, 0.1) is 11.7 Å². The zero-order valence-electron chi connectivity index (χ0n) is 15.7. The summed E-state index contributed by atoms with van der Waals surface area (Å²) in [4.78, 5) is 23.6. The zero-order valence-corrected chi connectivity index (χ0v) is 16.4. The summed E-state index contributed by atoms with van der Waals surface area (Å²) in [7, 11) is 0. The van der Waals surface area contributed by atoms with E-state index in [4.69, 9.17) is 11.6 Å². The first-order valence-corrected chi connectivity index (χ1v) is 9.85. The van der Waals surface area contributed by atoms with E-state index in [0.29, 0.717) is 23.2 Å². The van der Waals surface area contributed by atoms with E-state index in [1.54, 1.807) is 36.7 Å². The number of aromatic nitrogens is 2. The molecule has 1 aliphatic rings. The first kappa shape index (κ1) is 19.3. The number of nitrogens with zero attached hydrogens (tertiary/aromatic N) is 3. The maximum atomic E-state index is 13.1. The fourth-order valence-electron chi connectivity index (χ4n) is 3.46. The molecule has 1 aromatic heterocycles. The lowest BCUT2D eigenvalue weighted by molar-refractivity contribution is -0.120. The van der Waals surface area contributed by atoms with Crippen LogP contribution in [-0.2, 0) is 4.79 Å². The molecule has 0 bridgehead atoms. The Kier molecular flexibility index (Phi) is 5.71. The molecule has 7 heteroatoms. The predicted octanol–water partition coefficient (Wildman–Crippen LogP) is 4.79. The number of rotatable bonds is 4. The lowest BCUT2D eigenvalue weighted by Gasteiger charge is -2.32. The number of halogens is 2. The van der Waals surface area contributed by atoms with E-state index in [9.17, 15) is 9.18 Å². The average Bonchev–Trinajstić information content (AvgIpc) is 2.74. The van der Waals surface area contributed by atoms with Crippen molar-refractivity contribution in [2.24, 2.45) is 5.92 Å². The Labute approximate surface area is 173 Å². The van der Waals surface area contributed by atoms with Gasteiger partial charge in [0.25, 0.3) is 0 Å². The topological polar surface area (TPSA) is 58.1 Å². The van der Waals surface area contributed by atoms with E-state index in [-0.39, 0.29) is 17.6 Å². The van der Waals surface area contributed by atoms with Crippen LogP contribution >= 0.6 is 11.6 Å². The minimum absolute atomic E-state index is 0.0279. The molecule has 0 aliphatic carbocycles. The summed E-state index contributed by atoms with van der Waals surface area (Å²) in [5, 5.41) is 3.52. The molecule has 1 aliphatic heterocycles. The second-order valence-corrected chi connectivity index (χ2v) is 7.50. The lowest BCUT2D eigenvalue weighted by atomic mass is 9.97. The Morgan fingerprint density at radius 1 is 1.10 bits per heavy atom. The molecule has 1 N–H and O–H groups in total. The van der Waals surface area contributed by atoms with Crippen LogP contribution in [0.2, 0.25) is 5.02 Å². The van der Waals surface area contributed by atoms with E-state index in [2.05, 4.69) is 15.3 Å². The molecule has 0 radical (unpaired) electrons. The van der Waals surface area contributed by atoms with Crippen LogP contribution in [0.5, 0.6) is 0 Å². The molecule has 29 heavy (non-hydrogen) atoms. The van der Waals surface area contributed by atoms with Crippen LogP contribution in [-0.4, -0.2) is 29.0 Å². The second kappa shape index (κ2) is 8.57. The molecule has 3 aromatic rings. The van der Waals surface area contributed by atoms with E-state index < -0.39 is 0 Å². The number of amides is 1. The number of piperidine rings is 1. The highest BCUT2D eigenvalue weighted by molar-refractivity contribution is 6.30. The van der Waals surface area contributed by atoms with Gasteiger partial charge >= 0.3 is 0 Å². The number of benzene rings is 2. The zero-order chi connectivity index (χ0) is 20.2. The standard InChI is InChI=1S/C22H20ClFN4O/c23-18-4-1-5-20(11-18)27-21(29)16-3-2-10-28(14-16)22-25-12-17(13-26-22)15-6-8-19(24)9-7-15/h1,4-9,11-13,16H,2-3,10,14H2,(H,27,29)/t16-/m1/s1. The van der Waals surface area contributed by atoms with Crippen molar-refractivity contribution in [2.75, 3.05) is 23.3 Å². The molecular weight excluding hydrogens is 391 g/mol. The predicted molar refractivity (Wildman–Crippen MR) is 112 cm³/mol. The fourth-order valence-corrected chi connectivity index (χ4v) is 3.65. The molecular formula is C22H20ClFN4O. The SMILES string of the molecule is O=C(Nc1cccc(Cl)c1)[C@@H]1CCCN(c2ncc(-c3ccc(F)cc3)cn2)C1. The Hall–Kier alpha value is -2.99. The molecule has 0 spiro atoms. The quantitative estimate of drug-likeness (QED) is 0.671. The number of nitrogens with one attached hydrogen (secondary N) is 1. The normalized spacial score (nSPS) is 16.5. The summed E-state index contributed by atoms with van der Waals surface area (Å²) in [6, 6.07) is 13.4. The van der Waals surface area contributed by atoms with Gasteiger partial charge in [-0.05, 0) is 48.7 Å². The van der Waals surface area contributed by atoms with Gasteiger partial charge in [-0.25, -0.2) is 14.4 Å². The van der Waals surface area contributed by atoms with Crippen molar-refractivity contribution in [3.8, 4) is 11.1 Å². The third kappa shape index (κ3) is 4.71. The highest BCUT2D eigenvalue weighted by Crippen LogP contribution is 2.24. The Morgan fingerprint density at radius 3 is 2.59 bits per heavy atom. The molecule has 0 saturated carbocycles. The molecule has 1 atom stereocenters. The number of carbonyl (C=O) groups is 1. The van der Waals surface area contributed by atoms with Gasteiger partial charge in [0, 0.05) is 41.8 Å². The van der Waals surface area contributed by atoms with Gasteiger partial charge in [-0.2, -0.15) is 0 Å². The monoisotopic (exact) mass is 410 g/mol. The first-order chi connectivity index (χ1) is 14.1. The van der Waals surface area contributed by atoms with Crippen LogP contribution in [0.25, 0.3) is 11.1 Å². The second-order valence-electron chi connectivity index (χ2n) is 7.06. The van der Waals surface area contributed by atoms with E-state index in [0.717, 1.165) is 30.5 Å². The molecule has 4 rings (SSSR count). The van der Waals surface area contributed by atoms with Gasteiger partial charge in [0.1, 0.15) is 5.82 Å². The summed E-state index contributed by atoms with van der Waals surface area (Å²) >= 11 is 5.99. The number of anilines is 2. The number of hydrogen-bond acceptors (Lipinski definition) is 4. The van der Waals surface area contributed by atoms with Crippen molar-refractivity contribution in [2.45, 2.75) is 12.8 Å². The van der Waals surface area contributed by atoms with Crippen molar-refractivity contribution in [3.05, 3.63) is 71.8 Å². The fraction of sp³-hybridized carbons (Fsp3) is 0.227. The van der Waals surface area contributed by atoms with E-state index in [1.165, 1.54) is 12.1 Å². The highest BCUT2D eigenvalue weighted by atomic mass is 35.5. The number of hydrogen-bond donors (Lipinski definition) is 1. The van der Waals surface area contributed by atoms with Gasteiger partial charge in [0.05, 0.1) is 5.92 Å². The molecule has 1 saturated heterocycles. The summed E-state index contributed by atoms with van der Waals surface area (Å²) < 4.78 is 13.1. The van der Waals surface area contributed by atoms with Gasteiger partial charge in [-0.3, -0.25) is 4.79 Å². The van der Waals surface area contributed by atoms with Crippen molar-refractivity contribution < 1.29 is 9.18 Å². The van der Waals surface area contributed by atoms with Crippen molar-refractivity contribution in [1.29, 1.82) is 0 Å². The molecule has 2 heterocycles. The molecule has 1 amide bonds. The third-order valence-electron chi connectivity index (χ3n) is 4.98. The van der Waals surface area contributed by atoms with Gasteiger partial charge in [-0.15, -0.1) is 0 Å². The lowest BCUT2D eigenvalue weighted by Crippen LogP contribution is -2.41. The maximum absolute atomic E-state index is 13.1. The summed E-state index contributed by atoms with van der Waals surface area (Å²) in [5.41, 5.74) is 2.37. The Balaban J connectivity index is 1.42. The minimum Gasteiger partial charge on any atom is -0.340 e. The van der Waals surface area contributed by atoms with Crippen LogP contribution < -0.4 is 10.2 Å². The average molecular weight is 411 g/mol. The van der Waals surface area contributed by atoms with Crippen molar-refractivity contribution in [3.63, 3.8) is 0 Å². The largest absolute Gasteiger partial charge is 0.340 e. The van der Waals surface area contributed by atoms with Crippen molar-refractivity contribution >= 4 is 29.1 Å². The molecule has 2 aromatic carbocycles. The van der Waals surface area contributed by atoms with Crippen LogP contribution in [0.15, 0.2) is 60.9 Å². The Morgan fingerprint density at radius 2 is 1.86 bits per heavy atom.